The minimum absolute atomic E-state index is 0.0175. The van der Waals surface area contributed by atoms with E-state index in [0.717, 1.165) is 32.7 Å². The number of amides is 1. The van der Waals surface area contributed by atoms with Gasteiger partial charge in [0.2, 0.25) is 5.91 Å². The van der Waals surface area contributed by atoms with Crippen molar-refractivity contribution < 1.29 is 4.79 Å². The van der Waals surface area contributed by atoms with Crippen LogP contribution in [-0.2, 0) is 4.79 Å². The fourth-order valence-corrected chi connectivity index (χ4v) is 3.00. The lowest BCUT2D eigenvalue weighted by Crippen LogP contribution is -2.55. The Labute approximate surface area is 118 Å². The van der Waals surface area contributed by atoms with Crippen molar-refractivity contribution in [3.8, 4) is 0 Å². The van der Waals surface area contributed by atoms with Gasteiger partial charge in [-0.2, -0.15) is 0 Å². The second kappa shape index (κ2) is 8.54. The summed E-state index contributed by atoms with van der Waals surface area (Å²) < 4.78 is 0. The summed E-state index contributed by atoms with van der Waals surface area (Å²) in [6.07, 6.45) is 3.72. The lowest BCUT2D eigenvalue weighted by atomic mass is 9.99. The molecule has 0 aromatic heterocycles. The molecule has 4 nitrogen and oxygen atoms in total. The number of carbonyl (C=O) groups excluding carboxylic acids is 1. The van der Waals surface area contributed by atoms with Crippen LogP contribution in [0.1, 0.15) is 47.0 Å². The molecular formula is C15H31N3O. The largest absolute Gasteiger partial charge is 0.342 e. The van der Waals surface area contributed by atoms with E-state index >= 15 is 0 Å². The number of hydrogen-bond donors (Lipinski definition) is 1. The second-order valence-electron chi connectivity index (χ2n) is 5.38. The van der Waals surface area contributed by atoms with E-state index in [9.17, 15) is 4.79 Å². The van der Waals surface area contributed by atoms with Crippen LogP contribution < -0.4 is 5.32 Å². The molecule has 2 atom stereocenters. The molecule has 1 amide bonds. The molecule has 19 heavy (non-hydrogen) atoms. The minimum atomic E-state index is 0.0175. The molecule has 2 unspecified atom stereocenters. The summed E-state index contributed by atoms with van der Waals surface area (Å²) in [5.41, 5.74) is 0. The molecule has 1 saturated heterocycles. The van der Waals surface area contributed by atoms with E-state index in [1.54, 1.807) is 0 Å². The van der Waals surface area contributed by atoms with Crippen LogP contribution in [-0.4, -0.2) is 60.5 Å². The first-order valence-electron chi connectivity index (χ1n) is 7.90. The summed E-state index contributed by atoms with van der Waals surface area (Å²) in [6.45, 7) is 13.0. The first-order valence-corrected chi connectivity index (χ1v) is 7.90. The molecule has 1 N–H and O–H groups in total. The van der Waals surface area contributed by atoms with E-state index in [0.29, 0.717) is 6.04 Å². The zero-order chi connectivity index (χ0) is 14.3. The Morgan fingerprint density at radius 3 is 2.58 bits per heavy atom. The molecule has 1 fully saturated rings. The zero-order valence-electron chi connectivity index (χ0n) is 13.1. The van der Waals surface area contributed by atoms with Crippen molar-refractivity contribution in [2.75, 3.05) is 32.7 Å². The van der Waals surface area contributed by atoms with Crippen LogP contribution in [0.15, 0.2) is 0 Å². The number of piperidine rings is 1. The highest BCUT2D eigenvalue weighted by atomic mass is 16.2. The zero-order valence-corrected chi connectivity index (χ0v) is 13.1. The molecule has 0 radical (unpaired) electrons. The lowest BCUT2D eigenvalue weighted by molar-refractivity contribution is -0.137. The predicted octanol–water partition coefficient (Wildman–Crippen LogP) is 1.71. The molecule has 0 bridgehead atoms. The van der Waals surface area contributed by atoms with Gasteiger partial charge in [-0.15, -0.1) is 0 Å². The van der Waals surface area contributed by atoms with Crippen molar-refractivity contribution in [3.63, 3.8) is 0 Å². The van der Waals surface area contributed by atoms with Gasteiger partial charge in [0.25, 0.3) is 0 Å². The molecule has 0 aromatic rings. The highest BCUT2D eigenvalue weighted by Gasteiger charge is 2.31. The van der Waals surface area contributed by atoms with E-state index in [2.05, 4.69) is 37.9 Å². The van der Waals surface area contributed by atoms with Gasteiger partial charge in [-0.05, 0) is 46.7 Å². The molecule has 112 valence electrons. The van der Waals surface area contributed by atoms with Crippen LogP contribution >= 0.6 is 0 Å². The number of rotatable bonds is 7. The normalized spacial score (nSPS) is 22.2. The summed E-state index contributed by atoms with van der Waals surface area (Å²) in [6, 6.07) is 0.534. The van der Waals surface area contributed by atoms with Crippen LogP contribution in [0.3, 0.4) is 0 Å². The number of likely N-dealkylation sites (N-methyl/N-ethyl adjacent to an activating group) is 2. The molecule has 0 saturated carbocycles. The van der Waals surface area contributed by atoms with Crippen LogP contribution in [0.5, 0.6) is 0 Å². The number of nitrogens with zero attached hydrogens (tertiary/aromatic N) is 2. The molecule has 1 aliphatic heterocycles. The Bertz CT molecular complexity index is 266. The average molecular weight is 269 g/mol. The molecule has 0 spiro atoms. The molecule has 0 aromatic carbocycles. The molecular weight excluding hydrogens is 238 g/mol. The van der Waals surface area contributed by atoms with Gasteiger partial charge in [-0.3, -0.25) is 9.69 Å². The smallest absolute Gasteiger partial charge is 0.239 e. The van der Waals surface area contributed by atoms with Crippen molar-refractivity contribution in [1.82, 2.24) is 15.1 Å². The quantitative estimate of drug-likeness (QED) is 0.764. The van der Waals surface area contributed by atoms with Gasteiger partial charge in [0.05, 0.1) is 6.04 Å². The number of carbonyl (C=O) groups is 1. The maximum absolute atomic E-state index is 12.5. The predicted molar refractivity (Wildman–Crippen MR) is 80.3 cm³/mol. The van der Waals surface area contributed by atoms with Crippen molar-refractivity contribution in [2.24, 2.45) is 0 Å². The molecule has 1 heterocycles. The Morgan fingerprint density at radius 1 is 1.32 bits per heavy atom. The maximum Gasteiger partial charge on any atom is 0.239 e. The molecule has 1 rings (SSSR count). The van der Waals surface area contributed by atoms with Crippen LogP contribution in [0, 0.1) is 0 Å². The summed E-state index contributed by atoms with van der Waals surface area (Å²) in [5.74, 6) is 0.286. The lowest BCUT2D eigenvalue weighted by Gasteiger charge is -2.40. The van der Waals surface area contributed by atoms with Gasteiger partial charge in [-0.1, -0.05) is 13.3 Å². The third kappa shape index (κ3) is 4.46. The monoisotopic (exact) mass is 269 g/mol. The summed E-state index contributed by atoms with van der Waals surface area (Å²) >= 11 is 0. The third-order valence-electron chi connectivity index (χ3n) is 4.23. The van der Waals surface area contributed by atoms with Crippen molar-refractivity contribution in [1.29, 1.82) is 0 Å². The Hall–Kier alpha value is -0.610. The van der Waals surface area contributed by atoms with Gasteiger partial charge in [0, 0.05) is 25.7 Å². The molecule has 0 aliphatic carbocycles. The average Bonchev–Trinajstić information content (AvgIpc) is 2.45. The fourth-order valence-electron chi connectivity index (χ4n) is 3.00. The summed E-state index contributed by atoms with van der Waals surface area (Å²) in [5, 5.41) is 3.43. The topological polar surface area (TPSA) is 35.6 Å². The minimum Gasteiger partial charge on any atom is -0.342 e. The number of likely N-dealkylation sites (tertiary alicyclic amines) is 1. The van der Waals surface area contributed by atoms with E-state index < -0.39 is 0 Å². The van der Waals surface area contributed by atoms with Crippen molar-refractivity contribution >= 4 is 5.91 Å². The third-order valence-corrected chi connectivity index (χ3v) is 4.23. The fraction of sp³-hybridized carbons (Fsp3) is 0.933. The Balaban J connectivity index is 2.64. The van der Waals surface area contributed by atoms with Crippen LogP contribution in [0.25, 0.3) is 0 Å². The maximum atomic E-state index is 12.5. The van der Waals surface area contributed by atoms with Gasteiger partial charge < -0.3 is 10.2 Å². The van der Waals surface area contributed by atoms with E-state index in [1.807, 2.05) is 4.90 Å². The van der Waals surface area contributed by atoms with E-state index in [4.69, 9.17) is 0 Å². The Morgan fingerprint density at radius 2 is 2.00 bits per heavy atom. The van der Waals surface area contributed by atoms with Crippen molar-refractivity contribution in [3.05, 3.63) is 0 Å². The highest BCUT2D eigenvalue weighted by molar-refractivity contribution is 5.81. The summed E-state index contributed by atoms with van der Waals surface area (Å²) in [4.78, 5) is 16.8. The van der Waals surface area contributed by atoms with E-state index in [1.165, 1.54) is 19.3 Å². The van der Waals surface area contributed by atoms with Crippen LogP contribution in [0.2, 0.25) is 0 Å². The van der Waals surface area contributed by atoms with Gasteiger partial charge in [0.15, 0.2) is 0 Å². The van der Waals surface area contributed by atoms with Gasteiger partial charge >= 0.3 is 0 Å². The van der Waals surface area contributed by atoms with Crippen molar-refractivity contribution in [2.45, 2.75) is 59.0 Å². The number of nitrogens with one attached hydrogen (secondary N) is 1. The second-order valence-corrected chi connectivity index (χ2v) is 5.38. The highest BCUT2D eigenvalue weighted by Crippen LogP contribution is 2.20. The van der Waals surface area contributed by atoms with Gasteiger partial charge in [0.1, 0.15) is 0 Å². The summed E-state index contributed by atoms with van der Waals surface area (Å²) in [7, 11) is 0. The Kier molecular flexibility index (Phi) is 7.39. The van der Waals surface area contributed by atoms with Crippen LogP contribution in [0.4, 0.5) is 0 Å². The molecule has 4 heteroatoms. The molecule has 1 aliphatic rings. The SMILES string of the molecule is CCNCC1CCCCN1C(C)C(=O)N(CC)CC. The van der Waals surface area contributed by atoms with Gasteiger partial charge in [-0.25, -0.2) is 0 Å². The van der Waals surface area contributed by atoms with E-state index in [-0.39, 0.29) is 11.9 Å². The first kappa shape index (κ1) is 16.4. The standard InChI is InChI=1S/C15H31N3O/c1-5-16-12-14-10-8-9-11-18(14)13(4)15(19)17(6-2)7-3/h13-14,16H,5-12H2,1-4H3. The number of hydrogen-bond acceptors (Lipinski definition) is 3. The first-order chi connectivity index (χ1) is 9.15.